The van der Waals surface area contributed by atoms with Gasteiger partial charge in [-0.05, 0) is 6.54 Å². The molecule has 0 fully saturated rings. The average Bonchev–Trinajstić information content (AvgIpc) is 1.37. The van der Waals surface area contributed by atoms with Crippen molar-refractivity contribution in [2.24, 2.45) is 5.73 Å². The summed E-state index contributed by atoms with van der Waals surface area (Å²) in [5, 5.41) is 0. The van der Waals surface area contributed by atoms with Crippen LogP contribution in [0, 0.1) is 0 Å². The van der Waals surface area contributed by atoms with Crippen LogP contribution >= 0.6 is 0 Å². The number of hydrogen-bond acceptors (Lipinski definition) is 2. The van der Waals surface area contributed by atoms with Crippen molar-refractivity contribution in [2.75, 3.05) is 12.3 Å². The smallest absolute Gasteiger partial charge is 0.791 e. The van der Waals surface area contributed by atoms with Gasteiger partial charge in [0.25, 0.3) is 0 Å². The van der Waals surface area contributed by atoms with Crippen LogP contribution in [0.25, 0.3) is 0 Å². The van der Waals surface area contributed by atoms with Crippen molar-refractivity contribution < 1.29 is 29.6 Å². The van der Waals surface area contributed by atoms with Gasteiger partial charge in [-0.3, -0.25) is 0 Å². The number of rotatable bonds is 1. The van der Waals surface area contributed by atoms with Crippen molar-refractivity contribution in [3.8, 4) is 0 Å². The van der Waals surface area contributed by atoms with Crippen LogP contribution in [-0.4, -0.2) is 12.3 Å². The Kier molecular flexibility index (Phi) is 17.2. The first-order chi connectivity index (χ1) is 1.91. The minimum Gasteiger partial charge on any atom is -0.791 e. The molecule has 5 heavy (non-hydrogen) atoms. The zero-order valence-corrected chi connectivity index (χ0v) is 6.22. The molecule has 26 valence electrons. The molecule has 0 aliphatic heterocycles. The summed E-state index contributed by atoms with van der Waals surface area (Å²) in [6, 6.07) is 0. The van der Waals surface area contributed by atoms with E-state index in [1.54, 1.807) is 0 Å². The molecule has 0 saturated heterocycles. The van der Waals surface area contributed by atoms with Gasteiger partial charge >= 0.3 is 29.6 Å². The number of hydrogen-bond donors (Lipinski definition) is 1. The molecular weight excluding hydrogens is 93.1 g/mol. The summed E-state index contributed by atoms with van der Waals surface area (Å²) in [5.41, 5.74) is 4.92. The topological polar surface area (TPSA) is 26.0 Å². The van der Waals surface area contributed by atoms with Crippen molar-refractivity contribution in [2.45, 2.75) is 0 Å². The summed E-state index contributed by atoms with van der Waals surface area (Å²) in [6.45, 7) is 0.634. The van der Waals surface area contributed by atoms with E-state index in [9.17, 15) is 0 Å². The monoisotopic (exact) mass is 99.0 g/mol. The Balaban J connectivity index is 0. The standard InChI is InChI=1S/C2H7NS.Na/c3-1-2-4;/h4H,1-3H2;/q;+1/p-1. The van der Waals surface area contributed by atoms with E-state index in [0.717, 1.165) is 0 Å². The predicted molar refractivity (Wildman–Crippen MR) is 21.3 cm³/mol. The predicted octanol–water partition coefficient (Wildman–Crippen LogP) is -3.50. The summed E-state index contributed by atoms with van der Waals surface area (Å²) < 4.78 is 0. The summed E-state index contributed by atoms with van der Waals surface area (Å²) in [7, 11) is 0. The van der Waals surface area contributed by atoms with Crippen molar-refractivity contribution >= 4 is 12.6 Å². The van der Waals surface area contributed by atoms with E-state index in [1.165, 1.54) is 0 Å². The largest absolute Gasteiger partial charge is 1.00 e. The van der Waals surface area contributed by atoms with Gasteiger partial charge in [0.15, 0.2) is 0 Å². The molecule has 0 aromatic rings. The van der Waals surface area contributed by atoms with Gasteiger partial charge in [0.05, 0.1) is 0 Å². The third kappa shape index (κ3) is 10.9. The van der Waals surface area contributed by atoms with E-state index in [-0.39, 0.29) is 29.6 Å². The van der Waals surface area contributed by atoms with E-state index >= 15 is 0 Å². The maximum atomic E-state index is 4.92. The molecule has 0 bridgehead atoms. The van der Waals surface area contributed by atoms with Crippen LogP contribution in [0.1, 0.15) is 0 Å². The normalized spacial score (nSPS) is 6.00. The molecule has 0 unspecified atom stereocenters. The molecule has 0 spiro atoms. The summed E-state index contributed by atoms with van der Waals surface area (Å²) in [5.74, 6) is 0.681. The summed E-state index contributed by atoms with van der Waals surface area (Å²) >= 11 is 4.43. The van der Waals surface area contributed by atoms with Crippen molar-refractivity contribution in [1.82, 2.24) is 0 Å². The Hall–Kier alpha value is 1.31. The second-order valence-electron chi connectivity index (χ2n) is 0.493. The zero-order valence-electron chi connectivity index (χ0n) is 3.40. The van der Waals surface area contributed by atoms with E-state index in [0.29, 0.717) is 12.3 Å². The molecule has 0 radical (unpaired) electrons. The van der Waals surface area contributed by atoms with E-state index in [2.05, 4.69) is 12.6 Å². The fourth-order valence-corrected chi connectivity index (χ4v) is 0. The molecule has 0 aliphatic rings. The van der Waals surface area contributed by atoms with Crippen LogP contribution in [0.4, 0.5) is 0 Å². The molecule has 0 rings (SSSR count). The summed E-state index contributed by atoms with van der Waals surface area (Å²) in [6.07, 6.45) is 0. The van der Waals surface area contributed by atoms with Gasteiger partial charge in [0.2, 0.25) is 0 Å². The van der Waals surface area contributed by atoms with Gasteiger partial charge in [-0.2, -0.15) is 5.75 Å². The first-order valence-electron chi connectivity index (χ1n) is 1.20. The van der Waals surface area contributed by atoms with Gasteiger partial charge in [0, 0.05) is 0 Å². The van der Waals surface area contributed by atoms with Crippen molar-refractivity contribution in [1.29, 1.82) is 0 Å². The minimum atomic E-state index is 0. The van der Waals surface area contributed by atoms with Crippen molar-refractivity contribution in [3.05, 3.63) is 0 Å². The fraction of sp³-hybridized carbons (Fsp3) is 1.00. The van der Waals surface area contributed by atoms with Gasteiger partial charge in [0.1, 0.15) is 0 Å². The van der Waals surface area contributed by atoms with Crippen molar-refractivity contribution in [3.63, 3.8) is 0 Å². The average molecular weight is 99.1 g/mol. The molecule has 2 N–H and O–H groups in total. The molecule has 0 aliphatic carbocycles. The SMILES string of the molecule is NCC[S-].[Na+]. The van der Waals surface area contributed by atoms with E-state index < -0.39 is 0 Å². The van der Waals surface area contributed by atoms with Crippen LogP contribution in [0.3, 0.4) is 0 Å². The van der Waals surface area contributed by atoms with Crippen LogP contribution < -0.4 is 35.3 Å². The number of nitrogens with two attached hydrogens (primary N) is 1. The van der Waals surface area contributed by atoms with E-state index in [1.807, 2.05) is 0 Å². The maximum Gasteiger partial charge on any atom is 1.00 e. The molecule has 0 aromatic heterocycles. The second kappa shape index (κ2) is 9.00. The zero-order chi connectivity index (χ0) is 3.41. The van der Waals surface area contributed by atoms with Crippen LogP contribution in [0.2, 0.25) is 0 Å². The molecule has 3 heteroatoms. The second-order valence-corrected chi connectivity index (χ2v) is 0.901. The Morgan fingerprint density at radius 1 is 1.60 bits per heavy atom. The van der Waals surface area contributed by atoms with Crippen LogP contribution in [0.15, 0.2) is 0 Å². The molecule has 0 atom stereocenters. The Bertz CT molecular complexity index is 11.6. The molecular formula is C2H6NNaS. The van der Waals surface area contributed by atoms with Gasteiger partial charge in [-0.25, -0.2) is 0 Å². The Morgan fingerprint density at radius 3 is 1.80 bits per heavy atom. The quantitative estimate of drug-likeness (QED) is 0.273. The molecule has 0 saturated carbocycles. The fourth-order valence-electron chi connectivity index (χ4n) is 0. The van der Waals surface area contributed by atoms with Crippen LogP contribution in [0.5, 0.6) is 0 Å². The van der Waals surface area contributed by atoms with Crippen LogP contribution in [-0.2, 0) is 12.6 Å². The molecule has 0 heterocycles. The first-order valence-corrected chi connectivity index (χ1v) is 1.77. The molecule has 0 amide bonds. The Labute approximate surface area is 60.0 Å². The third-order valence-electron chi connectivity index (χ3n) is 0.118. The first kappa shape index (κ1) is 9.58. The maximum absolute atomic E-state index is 4.92. The van der Waals surface area contributed by atoms with Gasteiger partial charge < -0.3 is 18.4 Å². The Morgan fingerprint density at radius 2 is 1.80 bits per heavy atom. The van der Waals surface area contributed by atoms with E-state index in [4.69, 9.17) is 5.73 Å². The summed E-state index contributed by atoms with van der Waals surface area (Å²) in [4.78, 5) is 0. The molecule has 1 nitrogen and oxygen atoms in total. The minimum absolute atomic E-state index is 0. The van der Waals surface area contributed by atoms with Gasteiger partial charge in [-0.1, -0.05) is 0 Å². The third-order valence-corrected chi connectivity index (χ3v) is 0.354. The van der Waals surface area contributed by atoms with Gasteiger partial charge in [-0.15, -0.1) is 0 Å². The molecule has 0 aromatic carbocycles.